The third kappa shape index (κ3) is 4.75. The number of hydrogen-bond acceptors (Lipinski definition) is 6. The maximum absolute atomic E-state index is 11.7. The molecule has 7 heteroatoms. The molecule has 1 fully saturated rings. The molecule has 0 amide bonds. The summed E-state index contributed by atoms with van der Waals surface area (Å²) >= 11 is 1.68. The lowest BCUT2D eigenvalue weighted by molar-refractivity contribution is 0.120. The normalized spacial score (nSPS) is 21.6. The highest BCUT2D eigenvalue weighted by molar-refractivity contribution is 7.91. The van der Waals surface area contributed by atoms with E-state index in [2.05, 4.69) is 31.1 Å². The molecule has 0 saturated carbocycles. The van der Waals surface area contributed by atoms with E-state index >= 15 is 0 Å². The van der Waals surface area contributed by atoms with Gasteiger partial charge in [-0.2, -0.15) is 0 Å². The number of hydrogen-bond donors (Lipinski definition) is 0. The summed E-state index contributed by atoms with van der Waals surface area (Å²) in [6.45, 7) is 8.49. The molecule has 0 radical (unpaired) electrons. The van der Waals surface area contributed by atoms with Crippen molar-refractivity contribution in [3.63, 3.8) is 0 Å². The molecule has 1 aromatic heterocycles. The van der Waals surface area contributed by atoms with E-state index in [0.717, 1.165) is 17.2 Å². The van der Waals surface area contributed by atoms with Crippen LogP contribution in [0.15, 0.2) is 5.38 Å². The Morgan fingerprint density at radius 2 is 2.18 bits per heavy atom. The van der Waals surface area contributed by atoms with Gasteiger partial charge >= 0.3 is 0 Å². The monoisotopic (exact) mass is 346 g/mol. The summed E-state index contributed by atoms with van der Waals surface area (Å²) in [5, 5.41) is 3.21. The van der Waals surface area contributed by atoms with Gasteiger partial charge in [0.1, 0.15) is 0 Å². The first kappa shape index (κ1) is 17.8. The van der Waals surface area contributed by atoms with Gasteiger partial charge in [-0.05, 0) is 6.42 Å². The van der Waals surface area contributed by atoms with Gasteiger partial charge in [0.2, 0.25) is 0 Å². The van der Waals surface area contributed by atoms with Crippen LogP contribution in [0.5, 0.6) is 0 Å². The third-order valence-corrected chi connectivity index (χ3v) is 6.93. The highest BCUT2D eigenvalue weighted by Gasteiger charge is 2.32. The molecule has 1 atom stereocenters. The number of thiazole rings is 1. The molecular formula is C15H26N2O3S2. The molecule has 22 heavy (non-hydrogen) atoms. The lowest BCUT2D eigenvalue weighted by atomic mass is 9.98. The van der Waals surface area contributed by atoms with Crippen LogP contribution in [-0.2, 0) is 26.5 Å². The minimum Gasteiger partial charge on any atom is -0.383 e. The van der Waals surface area contributed by atoms with Crippen molar-refractivity contribution in [3.8, 4) is 0 Å². The summed E-state index contributed by atoms with van der Waals surface area (Å²) < 4.78 is 28.6. The molecule has 1 saturated heterocycles. The Kier molecular flexibility index (Phi) is 5.63. The van der Waals surface area contributed by atoms with Crippen LogP contribution in [0.4, 0.5) is 0 Å². The fourth-order valence-electron chi connectivity index (χ4n) is 2.59. The molecule has 0 aromatic carbocycles. The molecule has 1 aliphatic heterocycles. The van der Waals surface area contributed by atoms with Gasteiger partial charge in [0.25, 0.3) is 0 Å². The molecule has 0 spiro atoms. The molecule has 0 aliphatic carbocycles. The highest BCUT2D eigenvalue weighted by Crippen LogP contribution is 2.27. The number of nitrogens with zero attached hydrogens (tertiary/aromatic N) is 2. The summed E-state index contributed by atoms with van der Waals surface area (Å²) in [6, 6.07) is 0.0833. The van der Waals surface area contributed by atoms with Crippen LogP contribution in [0.1, 0.15) is 37.9 Å². The van der Waals surface area contributed by atoms with Gasteiger partial charge in [-0.1, -0.05) is 20.8 Å². The second-order valence-corrected chi connectivity index (χ2v) is 10.0. The van der Waals surface area contributed by atoms with Gasteiger partial charge in [-0.3, -0.25) is 4.90 Å². The number of rotatable bonds is 6. The lowest BCUT2D eigenvalue weighted by Crippen LogP contribution is -2.38. The Bertz CT molecular complexity index is 590. The number of ether oxygens (including phenoxy) is 1. The standard InChI is InChI=1S/C15H26N2O3S2/c1-15(2,3)14-16-12(10-21-14)9-17(6-7-20-4)13-5-8-22(18,19)11-13/h10,13H,5-9,11H2,1-4H3/t13-/m0/s1. The van der Waals surface area contributed by atoms with Crippen LogP contribution < -0.4 is 0 Å². The predicted octanol–water partition coefficient (Wildman–Crippen LogP) is 2.08. The number of methoxy groups -OCH3 is 1. The smallest absolute Gasteiger partial charge is 0.151 e. The van der Waals surface area contributed by atoms with Crippen molar-refractivity contribution in [2.45, 2.75) is 45.2 Å². The largest absolute Gasteiger partial charge is 0.383 e. The van der Waals surface area contributed by atoms with E-state index in [1.54, 1.807) is 18.4 Å². The Labute approximate surface area is 137 Å². The van der Waals surface area contributed by atoms with E-state index in [9.17, 15) is 8.42 Å². The summed E-state index contributed by atoms with van der Waals surface area (Å²) in [7, 11) is -1.21. The zero-order chi connectivity index (χ0) is 16.4. The molecule has 0 N–H and O–H groups in total. The van der Waals surface area contributed by atoms with Gasteiger partial charge in [-0.15, -0.1) is 11.3 Å². The topological polar surface area (TPSA) is 59.5 Å². The molecule has 5 nitrogen and oxygen atoms in total. The van der Waals surface area contributed by atoms with Crippen molar-refractivity contribution >= 4 is 21.2 Å². The predicted molar refractivity (Wildman–Crippen MR) is 90.2 cm³/mol. The third-order valence-electron chi connectivity index (χ3n) is 3.87. The lowest BCUT2D eigenvalue weighted by Gasteiger charge is -2.27. The molecule has 0 bridgehead atoms. The average Bonchev–Trinajstić information content (AvgIpc) is 3.00. The maximum Gasteiger partial charge on any atom is 0.151 e. The van der Waals surface area contributed by atoms with E-state index in [1.807, 2.05) is 0 Å². The Balaban J connectivity index is 2.08. The minimum absolute atomic E-state index is 0.0526. The van der Waals surface area contributed by atoms with Crippen molar-refractivity contribution in [1.82, 2.24) is 9.88 Å². The van der Waals surface area contributed by atoms with Gasteiger partial charge in [-0.25, -0.2) is 13.4 Å². The van der Waals surface area contributed by atoms with Crippen molar-refractivity contribution in [3.05, 3.63) is 16.1 Å². The van der Waals surface area contributed by atoms with Crippen molar-refractivity contribution in [2.75, 3.05) is 31.8 Å². The maximum atomic E-state index is 11.7. The summed E-state index contributed by atoms with van der Waals surface area (Å²) in [6.07, 6.45) is 0.711. The molecule has 1 aromatic rings. The molecule has 0 unspecified atom stereocenters. The SMILES string of the molecule is COCCN(Cc1csc(C(C)(C)C)n1)[C@H]1CCS(=O)(=O)C1. The molecular weight excluding hydrogens is 320 g/mol. The van der Waals surface area contributed by atoms with Crippen LogP contribution in [-0.4, -0.2) is 56.1 Å². The summed E-state index contributed by atoms with van der Waals surface area (Å²) in [5.41, 5.74) is 1.08. The van der Waals surface area contributed by atoms with Gasteiger partial charge in [0.15, 0.2) is 9.84 Å². The summed E-state index contributed by atoms with van der Waals surface area (Å²) in [4.78, 5) is 6.93. The fourth-order valence-corrected chi connectivity index (χ4v) is 5.25. The Morgan fingerprint density at radius 1 is 1.45 bits per heavy atom. The zero-order valence-electron chi connectivity index (χ0n) is 13.8. The van der Waals surface area contributed by atoms with Gasteiger partial charge < -0.3 is 4.74 Å². The van der Waals surface area contributed by atoms with Crippen molar-refractivity contribution < 1.29 is 13.2 Å². The van der Waals surface area contributed by atoms with Crippen LogP contribution in [0.2, 0.25) is 0 Å². The quantitative estimate of drug-likeness (QED) is 0.789. The number of sulfone groups is 1. The van der Waals surface area contributed by atoms with E-state index in [0.29, 0.717) is 25.3 Å². The second-order valence-electron chi connectivity index (χ2n) is 6.91. The first-order valence-corrected chi connectivity index (χ1v) is 10.3. The van der Waals surface area contributed by atoms with Crippen molar-refractivity contribution in [2.24, 2.45) is 0 Å². The van der Waals surface area contributed by atoms with Crippen LogP contribution in [0.3, 0.4) is 0 Å². The highest BCUT2D eigenvalue weighted by atomic mass is 32.2. The fraction of sp³-hybridized carbons (Fsp3) is 0.800. The first-order valence-electron chi connectivity index (χ1n) is 7.59. The zero-order valence-corrected chi connectivity index (χ0v) is 15.5. The number of aromatic nitrogens is 1. The first-order chi connectivity index (χ1) is 10.2. The van der Waals surface area contributed by atoms with Crippen LogP contribution >= 0.6 is 11.3 Å². The molecule has 2 rings (SSSR count). The Morgan fingerprint density at radius 3 is 2.68 bits per heavy atom. The Hall–Kier alpha value is -0.500. The van der Waals surface area contributed by atoms with E-state index in [-0.39, 0.29) is 17.2 Å². The summed E-state index contributed by atoms with van der Waals surface area (Å²) in [5.74, 6) is 0.554. The minimum atomic E-state index is -2.88. The van der Waals surface area contributed by atoms with Crippen LogP contribution in [0, 0.1) is 0 Å². The molecule has 126 valence electrons. The average molecular weight is 347 g/mol. The molecule has 1 aliphatic rings. The van der Waals surface area contributed by atoms with Crippen LogP contribution in [0.25, 0.3) is 0 Å². The van der Waals surface area contributed by atoms with E-state index in [4.69, 9.17) is 9.72 Å². The van der Waals surface area contributed by atoms with Crippen molar-refractivity contribution in [1.29, 1.82) is 0 Å². The van der Waals surface area contributed by atoms with Gasteiger partial charge in [0.05, 0.1) is 28.8 Å². The second kappa shape index (κ2) is 6.95. The van der Waals surface area contributed by atoms with E-state index in [1.165, 1.54) is 0 Å². The molecule has 2 heterocycles. The van der Waals surface area contributed by atoms with Gasteiger partial charge in [0, 0.05) is 37.0 Å². The van der Waals surface area contributed by atoms with E-state index < -0.39 is 9.84 Å².